The van der Waals surface area contributed by atoms with E-state index in [0.29, 0.717) is 23.4 Å². The normalized spacial score (nSPS) is 13.1. The van der Waals surface area contributed by atoms with Gasteiger partial charge >= 0.3 is 0 Å². The first-order valence-corrected chi connectivity index (χ1v) is 5.31. The minimum Gasteiger partial charge on any atom is -0.382 e. The van der Waals surface area contributed by atoms with E-state index in [2.05, 4.69) is 4.98 Å². The van der Waals surface area contributed by atoms with Gasteiger partial charge in [0.25, 0.3) is 0 Å². The Kier molecular flexibility index (Phi) is 5.32. The van der Waals surface area contributed by atoms with Gasteiger partial charge in [-0.1, -0.05) is 11.6 Å². The quantitative estimate of drug-likeness (QED) is 0.715. The van der Waals surface area contributed by atoms with Crippen LogP contribution in [-0.4, -0.2) is 31.9 Å². The lowest BCUT2D eigenvalue weighted by atomic mass is 10.3. The Morgan fingerprint density at radius 1 is 1.64 bits per heavy atom. The highest BCUT2D eigenvalue weighted by atomic mass is 35.5. The van der Waals surface area contributed by atoms with Gasteiger partial charge in [0.15, 0.2) is 10.6 Å². The van der Waals surface area contributed by atoms with Crippen molar-refractivity contribution >= 4 is 22.9 Å². The fourth-order valence-corrected chi connectivity index (χ4v) is 1.63. The van der Waals surface area contributed by atoms with Gasteiger partial charge in [-0.3, -0.25) is 0 Å². The highest BCUT2D eigenvalue weighted by Gasteiger charge is 2.13. The van der Waals surface area contributed by atoms with E-state index in [1.807, 2.05) is 0 Å². The van der Waals surface area contributed by atoms with Crippen molar-refractivity contribution in [1.82, 2.24) is 4.98 Å². The lowest BCUT2D eigenvalue weighted by molar-refractivity contribution is 0.0404. The lowest BCUT2D eigenvalue weighted by Gasteiger charge is -2.05. The largest absolute Gasteiger partial charge is 0.382 e. The number of alkyl halides is 1. The first-order valence-electron chi connectivity index (χ1n) is 4.05. The van der Waals surface area contributed by atoms with Gasteiger partial charge in [0, 0.05) is 12.5 Å². The van der Waals surface area contributed by atoms with E-state index < -0.39 is 6.17 Å². The molecule has 80 valence electrons. The summed E-state index contributed by atoms with van der Waals surface area (Å²) in [5.41, 5.74) is 0.331. The van der Waals surface area contributed by atoms with Gasteiger partial charge in [0.2, 0.25) is 0 Å². The Morgan fingerprint density at radius 2 is 2.43 bits per heavy atom. The van der Waals surface area contributed by atoms with Crippen LogP contribution in [0.3, 0.4) is 0 Å². The third kappa shape index (κ3) is 3.88. The molecular weight excluding hydrogens is 229 g/mol. The van der Waals surface area contributed by atoms with Crippen LogP contribution >= 0.6 is 22.9 Å². The molecule has 0 saturated carbocycles. The summed E-state index contributed by atoms with van der Waals surface area (Å²) in [6.45, 7) is 0.836. The zero-order valence-corrected chi connectivity index (χ0v) is 9.28. The fourth-order valence-electron chi connectivity index (χ4n) is 0.822. The smallest absolute Gasteiger partial charge is 0.183 e. The fraction of sp³-hybridized carbons (Fsp3) is 0.625. The van der Waals surface area contributed by atoms with Crippen molar-refractivity contribution < 1.29 is 13.9 Å². The minimum atomic E-state index is -1.21. The molecular formula is C8H11ClFNO2S. The molecule has 14 heavy (non-hydrogen) atoms. The molecule has 0 radical (unpaired) electrons. The maximum absolute atomic E-state index is 13.3. The van der Waals surface area contributed by atoms with Crippen LogP contribution < -0.4 is 0 Å². The molecule has 0 amide bonds. The maximum Gasteiger partial charge on any atom is 0.183 e. The number of hydrogen-bond donors (Lipinski definition) is 0. The van der Waals surface area contributed by atoms with Crippen LogP contribution in [0.4, 0.5) is 4.39 Å². The summed E-state index contributed by atoms with van der Waals surface area (Å²) in [6, 6.07) is 0. The third-order valence-corrected chi connectivity index (χ3v) is 2.51. The lowest BCUT2D eigenvalue weighted by Crippen LogP contribution is -2.07. The summed E-state index contributed by atoms with van der Waals surface area (Å²) >= 11 is 6.78. The summed E-state index contributed by atoms with van der Waals surface area (Å²) in [4.78, 5) is 3.81. The monoisotopic (exact) mass is 239 g/mol. The van der Waals surface area contributed by atoms with Crippen molar-refractivity contribution in [3.8, 4) is 0 Å². The van der Waals surface area contributed by atoms with E-state index in [4.69, 9.17) is 21.1 Å². The van der Waals surface area contributed by atoms with Gasteiger partial charge < -0.3 is 9.47 Å². The number of rotatable bonds is 6. The predicted octanol–water partition coefficient (Wildman–Crippen LogP) is 2.47. The van der Waals surface area contributed by atoms with Gasteiger partial charge in [0.1, 0.15) is 0 Å². The first kappa shape index (κ1) is 11.8. The molecule has 1 atom stereocenters. The van der Waals surface area contributed by atoms with Crippen LogP contribution in [0.25, 0.3) is 0 Å². The molecule has 1 heterocycles. The molecule has 0 aliphatic carbocycles. The molecule has 0 N–H and O–H groups in total. The maximum atomic E-state index is 13.3. The number of thiazole rings is 1. The average Bonchev–Trinajstić information content (AvgIpc) is 2.59. The van der Waals surface area contributed by atoms with Gasteiger partial charge in [-0.2, -0.15) is 0 Å². The summed E-state index contributed by atoms with van der Waals surface area (Å²) < 4.78 is 23.4. The second-order valence-corrected chi connectivity index (χ2v) is 4.00. The van der Waals surface area contributed by atoms with E-state index in [1.165, 1.54) is 11.3 Å². The van der Waals surface area contributed by atoms with Crippen molar-refractivity contribution in [2.75, 3.05) is 26.9 Å². The molecule has 0 fully saturated rings. The van der Waals surface area contributed by atoms with E-state index in [-0.39, 0.29) is 6.61 Å². The molecule has 1 aromatic heterocycles. The van der Waals surface area contributed by atoms with Gasteiger partial charge in [-0.15, -0.1) is 11.3 Å². The number of methoxy groups -OCH3 is 1. The average molecular weight is 240 g/mol. The molecule has 1 aromatic rings. The number of ether oxygens (including phenoxy) is 2. The molecule has 6 heteroatoms. The molecule has 0 bridgehead atoms. The second-order valence-electron chi connectivity index (χ2n) is 2.56. The van der Waals surface area contributed by atoms with Crippen LogP contribution in [0.5, 0.6) is 0 Å². The first-order chi connectivity index (χ1) is 6.74. The van der Waals surface area contributed by atoms with Crippen molar-refractivity contribution in [3.63, 3.8) is 0 Å². The Labute approximate surface area is 90.8 Å². The van der Waals surface area contributed by atoms with Gasteiger partial charge in [-0.25, -0.2) is 9.37 Å². The van der Waals surface area contributed by atoms with Gasteiger partial charge in [0.05, 0.1) is 25.5 Å². The number of nitrogens with zero attached hydrogens (tertiary/aromatic N) is 1. The number of hydrogen-bond acceptors (Lipinski definition) is 4. The SMILES string of the molecule is COCCOCC(F)c1csc(Cl)n1. The Bertz CT molecular complexity index is 272. The van der Waals surface area contributed by atoms with Crippen LogP contribution in [-0.2, 0) is 9.47 Å². The van der Waals surface area contributed by atoms with Crippen LogP contribution in [0.2, 0.25) is 4.47 Å². The van der Waals surface area contributed by atoms with Crippen LogP contribution in [0.1, 0.15) is 11.9 Å². The summed E-state index contributed by atoms with van der Waals surface area (Å²) in [5.74, 6) is 0. The Balaban J connectivity index is 2.25. The number of aromatic nitrogens is 1. The molecule has 0 saturated heterocycles. The zero-order valence-electron chi connectivity index (χ0n) is 7.70. The van der Waals surface area contributed by atoms with E-state index in [0.717, 1.165) is 0 Å². The Hall–Kier alpha value is -0.230. The standard InChI is InChI=1S/C8H11ClFNO2S/c1-12-2-3-13-4-6(10)7-5-14-8(9)11-7/h5-6H,2-4H2,1H3. The van der Waals surface area contributed by atoms with Crippen molar-refractivity contribution in [1.29, 1.82) is 0 Å². The summed E-state index contributed by atoms with van der Waals surface area (Å²) in [6.07, 6.45) is -1.21. The Morgan fingerprint density at radius 3 is 3.00 bits per heavy atom. The van der Waals surface area contributed by atoms with E-state index >= 15 is 0 Å². The predicted molar refractivity (Wildman–Crippen MR) is 53.7 cm³/mol. The van der Waals surface area contributed by atoms with E-state index in [1.54, 1.807) is 12.5 Å². The highest BCUT2D eigenvalue weighted by molar-refractivity contribution is 7.13. The number of halogens is 2. The topological polar surface area (TPSA) is 31.4 Å². The molecule has 1 unspecified atom stereocenters. The molecule has 0 aliphatic rings. The van der Waals surface area contributed by atoms with Crippen LogP contribution in [0.15, 0.2) is 5.38 Å². The summed E-state index contributed by atoms with van der Waals surface area (Å²) in [7, 11) is 1.57. The van der Waals surface area contributed by atoms with Crippen LogP contribution in [0, 0.1) is 0 Å². The molecule has 3 nitrogen and oxygen atoms in total. The molecule has 1 rings (SSSR count). The van der Waals surface area contributed by atoms with Gasteiger partial charge in [-0.05, 0) is 0 Å². The molecule has 0 aliphatic heterocycles. The highest BCUT2D eigenvalue weighted by Crippen LogP contribution is 2.22. The van der Waals surface area contributed by atoms with Crippen molar-refractivity contribution in [2.45, 2.75) is 6.17 Å². The van der Waals surface area contributed by atoms with Crippen molar-refractivity contribution in [3.05, 3.63) is 15.5 Å². The molecule has 0 spiro atoms. The summed E-state index contributed by atoms with van der Waals surface area (Å²) in [5, 5.41) is 1.59. The third-order valence-electron chi connectivity index (χ3n) is 1.51. The van der Waals surface area contributed by atoms with Crippen molar-refractivity contribution in [2.24, 2.45) is 0 Å². The zero-order chi connectivity index (χ0) is 10.4. The molecule has 0 aromatic carbocycles. The minimum absolute atomic E-state index is 0.0105. The van der Waals surface area contributed by atoms with E-state index in [9.17, 15) is 4.39 Å². The second kappa shape index (κ2) is 6.29.